The van der Waals surface area contributed by atoms with Crippen LogP contribution in [0.4, 0.5) is 5.69 Å². The molecule has 1 fully saturated rings. The van der Waals surface area contributed by atoms with Crippen LogP contribution in [0.1, 0.15) is 25.3 Å². The summed E-state index contributed by atoms with van der Waals surface area (Å²) in [6, 6.07) is 15.8. The number of hydrogen-bond acceptors (Lipinski definition) is 6. The van der Waals surface area contributed by atoms with Crippen LogP contribution in [0, 0.1) is 11.3 Å². The summed E-state index contributed by atoms with van der Waals surface area (Å²) < 4.78 is 10.8. The Morgan fingerprint density at radius 2 is 1.87 bits per heavy atom. The van der Waals surface area contributed by atoms with Crippen LogP contribution in [0.3, 0.4) is 0 Å². The fourth-order valence-corrected chi connectivity index (χ4v) is 3.73. The minimum atomic E-state index is -0.595. The van der Waals surface area contributed by atoms with Gasteiger partial charge in [-0.15, -0.1) is 0 Å². The van der Waals surface area contributed by atoms with Gasteiger partial charge < -0.3 is 19.9 Å². The highest BCUT2D eigenvalue weighted by molar-refractivity contribution is 6.29. The molecule has 1 aliphatic heterocycles. The number of allylic oxidation sites excluding steroid dienone is 1. The lowest BCUT2D eigenvalue weighted by atomic mass is 9.84. The van der Waals surface area contributed by atoms with Crippen LogP contribution in [0.25, 0.3) is 0 Å². The summed E-state index contributed by atoms with van der Waals surface area (Å²) in [7, 11) is 1.59. The minimum absolute atomic E-state index is 0.0186. The van der Waals surface area contributed by atoms with Gasteiger partial charge in [-0.2, -0.15) is 0 Å². The molecule has 0 bridgehead atoms. The molecule has 0 aromatic heterocycles. The molecule has 1 atom stereocenters. The van der Waals surface area contributed by atoms with Gasteiger partial charge in [-0.3, -0.25) is 10.2 Å². The molecular weight excluding hydrogens is 380 g/mol. The summed E-state index contributed by atoms with van der Waals surface area (Å²) in [5, 5.41) is 22.3. The van der Waals surface area contributed by atoms with E-state index >= 15 is 0 Å². The normalized spacial score (nSPS) is 16.3. The summed E-state index contributed by atoms with van der Waals surface area (Å²) in [6.45, 7) is 2.63. The Morgan fingerprint density at radius 3 is 2.50 bits per heavy atom. The molecule has 0 amide bonds. The highest BCUT2D eigenvalue weighted by atomic mass is 16.5. The lowest BCUT2D eigenvalue weighted by molar-refractivity contribution is -0.117. The van der Waals surface area contributed by atoms with E-state index in [1.807, 2.05) is 42.5 Å². The van der Waals surface area contributed by atoms with Gasteiger partial charge in [-0.25, -0.2) is 0 Å². The number of ketones is 1. The second-order valence-corrected chi connectivity index (χ2v) is 7.37. The third-order valence-electron chi connectivity index (χ3n) is 5.33. The first-order chi connectivity index (χ1) is 14.5. The number of benzene rings is 2. The average molecular weight is 408 g/mol. The van der Waals surface area contributed by atoms with Crippen LogP contribution in [0.15, 0.2) is 65.9 Å². The van der Waals surface area contributed by atoms with E-state index < -0.39 is 6.04 Å². The molecule has 6 heteroatoms. The van der Waals surface area contributed by atoms with E-state index in [0.717, 1.165) is 18.5 Å². The van der Waals surface area contributed by atoms with Gasteiger partial charge in [0.25, 0.3) is 0 Å². The summed E-state index contributed by atoms with van der Waals surface area (Å²) in [5.74, 6) is 0.261. The van der Waals surface area contributed by atoms with Crippen LogP contribution in [0.2, 0.25) is 0 Å². The number of methoxy groups -OCH3 is 1. The third kappa shape index (κ3) is 5.07. The largest absolute Gasteiger partial charge is 0.512 e. The first-order valence-corrected chi connectivity index (χ1v) is 10.1. The van der Waals surface area contributed by atoms with Crippen molar-refractivity contribution in [1.29, 1.82) is 5.41 Å². The zero-order valence-corrected chi connectivity index (χ0v) is 17.4. The molecule has 0 radical (unpaired) electrons. The monoisotopic (exact) mass is 408 g/mol. The highest BCUT2D eigenvalue weighted by Gasteiger charge is 2.34. The van der Waals surface area contributed by atoms with E-state index in [1.54, 1.807) is 19.2 Å². The van der Waals surface area contributed by atoms with Gasteiger partial charge in [-0.1, -0.05) is 36.4 Å². The van der Waals surface area contributed by atoms with Crippen LogP contribution in [-0.2, 0) is 9.53 Å². The molecule has 1 aliphatic rings. The Bertz CT molecular complexity index is 914. The van der Waals surface area contributed by atoms with Gasteiger partial charge in [0.15, 0.2) is 5.78 Å². The van der Waals surface area contributed by atoms with E-state index in [4.69, 9.17) is 14.9 Å². The van der Waals surface area contributed by atoms with Crippen molar-refractivity contribution in [3.05, 3.63) is 71.5 Å². The summed E-state index contributed by atoms with van der Waals surface area (Å²) in [4.78, 5) is 13.7. The minimum Gasteiger partial charge on any atom is -0.512 e. The van der Waals surface area contributed by atoms with Gasteiger partial charge in [0, 0.05) is 30.5 Å². The lowest BCUT2D eigenvalue weighted by Crippen LogP contribution is -2.42. The van der Waals surface area contributed by atoms with Gasteiger partial charge in [-0.05, 0) is 37.8 Å². The molecule has 2 aromatic rings. The fourth-order valence-electron chi connectivity index (χ4n) is 3.73. The van der Waals surface area contributed by atoms with Crippen molar-refractivity contribution in [3.8, 4) is 5.75 Å². The van der Waals surface area contributed by atoms with Crippen LogP contribution in [0.5, 0.6) is 5.75 Å². The fraction of sp³-hybridized carbons (Fsp3) is 0.333. The average Bonchev–Trinajstić information content (AvgIpc) is 2.78. The maximum atomic E-state index is 13.7. The summed E-state index contributed by atoms with van der Waals surface area (Å²) >= 11 is 0. The maximum Gasteiger partial charge on any atom is 0.190 e. The number of nitrogens with one attached hydrogen (secondary N) is 2. The molecule has 0 saturated carbocycles. The van der Waals surface area contributed by atoms with Crippen LogP contribution < -0.4 is 10.1 Å². The number of rotatable bonds is 8. The molecule has 30 heavy (non-hydrogen) atoms. The standard InChI is InChI=1S/C24H28N2O4/c1-16(27)21(22(25)17-7-4-3-5-8-17)24(28)23(18-11-13-30-14-12-18)26-19-9-6-10-20(15-19)29-2/h3-10,15,18,23,25-27H,11-14H2,1-2H3/b21-16+,25-22?. The lowest BCUT2D eigenvalue weighted by Gasteiger charge is -2.31. The van der Waals surface area contributed by atoms with Crippen molar-refractivity contribution in [3.63, 3.8) is 0 Å². The molecule has 6 nitrogen and oxygen atoms in total. The molecular formula is C24H28N2O4. The smallest absolute Gasteiger partial charge is 0.190 e. The topological polar surface area (TPSA) is 91.6 Å². The molecule has 158 valence electrons. The van der Waals surface area contributed by atoms with Crippen molar-refractivity contribution >= 4 is 17.2 Å². The number of carbonyl (C=O) groups excluding carboxylic acids is 1. The second-order valence-electron chi connectivity index (χ2n) is 7.37. The highest BCUT2D eigenvalue weighted by Crippen LogP contribution is 2.27. The molecule has 1 saturated heterocycles. The number of hydrogen-bond donors (Lipinski definition) is 3. The molecule has 3 N–H and O–H groups in total. The Hall–Kier alpha value is -3.12. The van der Waals surface area contributed by atoms with Gasteiger partial charge in [0.2, 0.25) is 0 Å². The Labute approximate surface area is 177 Å². The van der Waals surface area contributed by atoms with Crippen molar-refractivity contribution in [2.75, 3.05) is 25.6 Å². The van der Waals surface area contributed by atoms with Gasteiger partial charge >= 0.3 is 0 Å². The van der Waals surface area contributed by atoms with E-state index in [0.29, 0.717) is 24.5 Å². The van der Waals surface area contributed by atoms with E-state index in [2.05, 4.69) is 5.32 Å². The second kappa shape index (κ2) is 10.1. The molecule has 0 aliphatic carbocycles. The summed E-state index contributed by atoms with van der Waals surface area (Å²) in [6.07, 6.45) is 1.45. The first-order valence-electron chi connectivity index (χ1n) is 10.1. The van der Waals surface area contributed by atoms with Crippen molar-refractivity contribution in [2.24, 2.45) is 5.92 Å². The van der Waals surface area contributed by atoms with Gasteiger partial charge in [0.05, 0.1) is 24.4 Å². The van der Waals surface area contributed by atoms with Crippen molar-refractivity contribution < 1.29 is 19.4 Å². The first kappa shape index (κ1) is 21.6. The number of ether oxygens (including phenoxy) is 2. The van der Waals surface area contributed by atoms with Crippen LogP contribution in [-0.4, -0.2) is 43.0 Å². The predicted octanol–water partition coefficient (Wildman–Crippen LogP) is 4.37. The quantitative estimate of drug-likeness (QED) is 0.343. The zero-order valence-electron chi connectivity index (χ0n) is 17.4. The van der Waals surface area contributed by atoms with Crippen LogP contribution >= 0.6 is 0 Å². The molecule has 0 spiro atoms. The molecule has 2 aromatic carbocycles. The van der Waals surface area contributed by atoms with E-state index in [-0.39, 0.29) is 28.7 Å². The van der Waals surface area contributed by atoms with Crippen molar-refractivity contribution in [1.82, 2.24) is 0 Å². The number of Topliss-reactive ketones (excluding diaryl/α,β-unsaturated/α-hetero) is 1. The van der Waals surface area contributed by atoms with E-state index in [1.165, 1.54) is 6.92 Å². The van der Waals surface area contributed by atoms with Crippen molar-refractivity contribution in [2.45, 2.75) is 25.8 Å². The third-order valence-corrected chi connectivity index (χ3v) is 5.33. The number of carbonyl (C=O) groups is 1. The Morgan fingerprint density at radius 1 is 1.17 bits per heavy atom. The number of aliphatic hydroxyl groups is 1. The molecule has 1 unspecified atom stereocenters. The zero-order chi connectivity index (χ0) is 21.5. The summed E-state index contributed by atoms with van der Waals surface area (Å²) in [5.41, 5.74) is 1.39. The predicted molar refractivity (Wildman–Crippen MR) is 118 cm³/mol. The molecule has 1 heterocycles. The van der Waals surface area contributed by atoms with Gasteiger partial charge in [0.1, 0.15) is 11.5 Å². The Balaban J connectivity index is 1.95. The SMILES string of the molecule is COc1cccc(NC(C(=O)/C(C(=N)c2ccccc2)=C(\C)O)C2CCOCC2)c1. The Kier molecular flexibility index (Phi) is 7.25. The number of anilines is 1. The molecule has 3 rings (SSSR count). The van der Waals surface area contributed by atoms with E-state index in [9.17, 15) is 9.90 Å². The number of aliphatic hydroxyl groups excluding tert-OH is 1. The maximum absolute atomic E-state index is 13.7.